The van der Waals surface area contributed by atoms with Crippen molar-refractivity contribution >= 4 is 22.6 Å². The smallest absolute Gasteiger partial charge is 0.272 e. The van der Waals surface area contributed by atoms with Crippen molar-refractivity contribution in [1.82, 2.24) is 30.2 Å². The maximum atomic E-state index is 12.1. The first-order valence-electron chi connectivity index (χ1n) is 7.21. The van der Waals surface area contributed by atoms with Crippen LogP contribution >= 0.6 is 11.6 Å². The zero-order valence-corrected chi connectivity index (χ0v) is 13.1. The van der Waals surface area contributed by atoms with E-state index in [1.165, 1.54) is 4.80 Å². The van der Waals surface area contributed by atoms with Crippen LogP contribution in [-0.2, 0) is 6.54 Å². The molecular weight excluding hydrogens is 328 g/mol. The number of fused-ring (bicyclic) bond motifs is 1. The second-order valence-electron chi connectivity index (χ2n) is 5.18. The predicted octanol–water partition coefficient (Wildman–Crippen LogP) is 2.28. The van der Waals surface area contributed by atoms with E-state index in [0.29, 0.717) is 27.6 Å². The van der Waals surface area contributed by atoms with E-state index in [0.717, 1.165) is 5.56 Å². The van der Waals surface area contributed by atoms with Gasteiger partial charge in [0.25, 0.3) is 5.56 Å². The largest absolute Gasteiger partial charge is 0.319 e. The molecule has 0 atom stereocenters. The lowest BCUT2D eigenvalue weighted by molar-refractivity contribution is 0.562. The highest BCUT2D eigenvalue weighted by atomic mass is 35.5. The van der Waals surface area contributed by atoms with Gasteiger partial charge in [-0.25, -0.2) is 4.98 Å². The Kier molecular flexibility index (Phi) is 3.55. The van der Waals surface area contributed by atoms with Crippen LogP contribution in [0.15, 0.2) is 53.3 Å². The monoisotopic (exact) mass is 338 g/mol. The van der Waals surface area contributed by atoms with Crippen LogP contribution in [0.4, 0.5) is 0 Å². The lowest BCUT2D eigenvalue weighted by Gasteiger charge is -2.01. The number of hydrogen-bond acceptors (Lipinski definition) is 5. The Hall–Kier alpha value is -3.06. The molecule has 0 fully saturated rings. The van der Waals surface area contributed by atoms with Gasteiger partial charge in [-0.15, -0.1) is 10.2 Å². The van der Waals surface area contributed by atoms with Gasteiger partial charge in [-0.1, -0.05) is 23.7 Å². The molecule has 0 radical (unpaired) electrons. The average Bonchev–Trinajstić information content (AvgIpc) is 3.05. The summed E-state index contributed by atoms with van der Waals surface area (Å²) in [6.45, 7) is 0.140. The number of tetrazole rings is 1. The number of hydrogen-bond donors (Lipinski definition) is 1. The number of nitrogens with one attached hydrogen (secondary N) is 1. The van der Waals surface area contributed by atoms with Gasteiger partial charge in [-0.2, -0.15) is 4.80 Å². The first-order valence-corrected chi connectivity index (χ1v) is 7.58. The van der Waals surface area contributed by atoms with Crippen LogP contribution in [0.5, 0.6) is 0 Å². The number of H-pyrrole nitrogens is 1. The molecule has 0 aliphatic carbocycles. The van der Waals surface area contributed by atoms with Crippen LogP contribution in [0.25, 0.3) is 22.4 Å². The highest BCUT2D eigenvalue weighted by molar-refractivity contribution is 6.30. The van der Waals surface area contributed by atoms with Gasteiger partial charge in [0.2, 0.25) is 5.82 Å². The molecule has 118 valence electrons. The first kappa shape index (κ1) is 14.5. The summed E-state index contributed by atoms with van der Waals surface area (Å²) in [4.78, 5) is 20.6. The van der Waals surface area contributed by atoms with Crippen molar-refractivity contribution in [3.8, 4) is 11.4 Å². The lowest BCUT2D eigenvalue weighted by atomic mass is 10.2. The van der Waals surface area contributed by atoms with E-state index in [-0.39, 0.29) is 12.1 Å². The average molecular weight is 339 g/mol. The number of para-hydroxylation sites is 2. The Morgan fingerprint density at radius 2 is 1.88 bits per heavy atom. The van der Waals surface area contributed by atoms with Gasteiger partial charge in [0, 0.05) is 10.6 Å². The lowest BCUT2D eigenvalue weighted by Crippen LogP contribution is -2.19. The summed E-state index contributed by atoms with van der Waals surface area (Å²) in [5, 5.41) is 12.9. The molecule has 0 amide bonds. The first-order chi connectivity index (χ1) is 11.7. The molecule has 2 aromatic heterocycles. The van der Waals surface area contributed by atoms with Crippen LogP contribution in [0.1, 0.15) is 5.69 Å². The van der Waals surface area contributed by atoms with E-state index in [4.69, 9.17) is 11.6 Å². The van der Waals surface area contributed by atoms with E-state index in [9.17, 15) is 4.79 Å². The zero-order valence-electron chi connectivity index (χ0n) is 12.3. The van der Waals surface area contributed by atoms with E-state index in [1.807, 2.05) is 30.3 Å². The summed E-state index contributed by atoms with van der Waals surface area (Å²) >= 11 is 5.87. The number of nitrogens with zero attached hydrogens (tertiary/aromatic N) is 5. The Balaban J connectivity index is 1.65. The molecule has 1 N–H and O–H groups in total. The maximum Gasteiger partial charge on any atom is 0.272 e. The zero-order chi connectivity index (χ0) is 16.5. The Morgan fingerprint density at radius 1 is 1.08 bits per heavy atom. The number of rotatable bonds is 3. The minimum atomic E-state index is -0.265. The van der Waals surface area contributed by atoms with Crippen LogP contribution in [-0.4, -0.2) is 30.2 Å². The molecule has 0 aliphatic heterocycles. The van der Waals surface area contributed by atoms with Gasteiger partial charge in [-0.05, 0) is 41.6 Å². The summed E-state index contributed by atoms with van der Waals surface area (Å²) in [5.41, 5.74) is 2.27. The van der Waals surface area contributed by atoms with Crippen LogP contribution in [0.3, 0.4) is 0 Å². The normalized spacial score (nSPS) is 11.0. The van der Waals surface area contributed by atoms with Crippen LogP contribution < -0.4 is 5.56 Å². The second kappa shape index (κ2) is 5.86. The standard InChI is InChI=1S/C16H11ClN6O/c17-11-7-5-10(6-8-11)15-20-22-23(21-15)9-14-16(24)19-13-4-2-1-3-12(13)18-14/h1-8H,9H2,(H,19,24). The third kappa shape index (κ3) is 2.77. The number of benzene rings is 2. The van der Waals surface area contributed by atoms with E-state index >= 15 is 0 Å². The summed E-state index contributed by atoms with van der Waals surface area (Å²) in [5.74, 6) is 0.462. The number of aromatic nitrogens is 6. The van der Waals surface area contributed by atoms with Gasteiger partial charge < -0.3 is 4.98 Å². The molecule has 24 heavy (non-hydrogen) atoms. The van der Waals surface area contributed by atoms with Gasteiger partial charge in [0.05, 0.1) is 11.0 Å². The van der Waals surface area contributed by atoms with Crippen molar-refractivity contribution in [3.63, 3.8) is 0 Å². The molecule has 0 unspecified atom stereocenters. The SMILES string of the molecule is O=c1[nH]c2ccccc2nc1Cn1nnc(-c2ccc(Cl)cc2)n1. The fraction of sp³-hybridized carbons (Fsp3) is 0.0625. The van der Waals surface area contributed by atoms with Crippen molar-refractivity contribution in [1.29, 1.82) is 0 Å². The molecule has 0 spiro atoms. The van der Waals surface area contributed by atoms with Gasteiger partial charge in [0.15, 0.2) is 0 Å². The number of aromatic amines is 1. The third-order valence-electron chi connectivity index (χ3n) is 3.52. The van der Waals surface area contributed by atoms with Crippen molar-refractivity contribution in [3.05, 3.63) is 69.6 Å². The molecule has 2 aromatic carbocycles. The Morgan fingerprint density at radius 3 is 2.71 bits per heavy atom. The van der Waals surface area contributed by atoms with Crippen molar-refractivity contribution in [2.75, 3.05) is 0 Å². The highest BCUT2D eigenvalue weighted by Crippen LogP contribution is 2.17. The predicted molar refractivity (Wildman–Crippen MR) is 89.7 cm³/mol. The van der Waals surface area contributed by atoms with Crippen molar-refractivity contribution < 1.29 is 0 Å². The quantitative estimate of drug-likeness (QED) is 0.619. The van der Waals surface area contributed by atoms with Crippen molar-refractivity contribution in [2.24, 2.45) is 0 Å². The van der Waals surface area contributed by atoms with Crippen LogP contribution in [0.2, 0.25) is 5.02 Å². The van der Waals surface area contributed by atoms with Gasteiger partial charge in [0.1, 0.15) is 12.2 Å². The minimum absolute atomic E-state index is 0.140. The summed E-state index contributed by atoms with van der Waals surface area (Å²) < 4.78 is 0. The fourth-order valence-electron chi connectivity index (χ4n) is 2.33. The van der Waals surface area contributed by atoms with E-state index in [2.05, 4.69) is 25.4 Å². The Labute approximate surface area is 140 Å². The minimum Gasteiger partial charge on any atom is -0.319 e. The third-order valence-corrected chi connectivity index (χ3v) is 3.77. The molecular formula is C16H11ClN6O. The molecule has 2 heterocycles. The molecule has 0 saturated heterocycles. The molecule has 0 saturated carbocycles. The highest BCUT2D eigenvalue weighted by Gasteiger charge is 2.10. The molecule has 7 nitrogen and oxygen atoms in total. The van der Waals surface area contributed by atoms with Gasteiger partial charge in [-0.3, -0.25) is 4.79 Å². The number of halogens is 1. The van der Waals surface area contributed by atoms with Crippen LogP contribution in [0, 0.1) is 0 Å². The topological polar surface area (TPSA) is 89.4 Å². The van der Waals surface area contributed by atoms with E-state index < -0.39 is 0 Å². The molecule has 4 aromatic rings. The van der Waals surface area contributed by atoms with Crippen molar-refractivity contribution in [2.45, 2.75) is 6.54 Å². The Bertz CT molecular complexity index is 1070. The molecule has 0 aliphatic rings. The summed E-state index contributed by atoms with van der Waals surface area (Å²) in [6.07, 6.45) is 0. The summed E-state index contributed by atoms with van der Waals surface area (Å²) in [6, 6.07) is 14.5. The fourth-order valence-corrected chi connectivity index (χ4v) is 2.46. The molecule has 0 bridgehead atoms. The van der Waals surface area contributed by atoms with Gasteiger partial charge >= 0.3 is 0 Å². The van der Waals surface area contributed by atoms with E-state index in [1.54, 1.807) is 18.2 Å². The molecule has 8 heteroatoms. The maximum absolute atomic E-state index is 12.1. The molecule has 4 rings (SSSR count). The second-order valence-corrected chi connectivity index (χ2v) is 5.62. The summed E-state index contributed by atoms with van der Waals surface area (Å²) in [7, 11) is 0.